The molecule has 0 spiro atoms. The first-order valence-electron chi connectivity index (χ1n) is 9.81. The molecule has 0 bridgehead atoms. The highest BCUT2D eigenvalue weighted by Gasteiger charge is 2.06. The van der Waals surface area contributed by atoms with Gasteiger partial charge in [-0.3, -0.25) is 4.79 Å². The number of rotatable bonds is 6. The molecule has 4 nitrogen and oxygen atoms in total. The molecule has 154 valence electrons. The van der Waals surface area contributed by atoms with Crippen molar-refractivity contribution < 1.29 is 14.3 Å². The number of carbonyl (C=O) groups excluding carboxylic acids is 1. The number of nitrogens with zero attached hydrogens (tertiary/aromatic N) is 1. The van der Waals surface area contributed by atoms with Crippen LogP contribution in [-0.2, 0) is 11.4 Å². The maximum absolute atomic E-state index is 11.0. The zero-order valence-electron chi connectivity index (χ0n) is 16.9. The van der Waals surface area contributed by atoms with E-state index in [1.807, 2.05) is 78.9 Å². The molecule has 0 N–H and O–H groups in total. The van der Waals surface area contributed by atoms with Gasteiger partial charge >= 0.3 is 5.97 Å². The fourth-order valence-corrected chi connectivity index (χ4v) is 3.30. The molecule has 5 heteroatoms. The maximum atomic E-state index is 11.0. The van der Waals surface area contributed by atoms with Gasteiger partial charge in [0.05, 0.1) is 5.69 Å². The van der Waals surface area contributed by atoms with Crippen molar-refractivity contribution in [3.8, 4) is 11.5 Å². The first kappa shape index (κ1) is 20.6. The molecule has 1 aromatic heterocycles. The highest BCUT2D eigenvalue weighted by Crippen LogP contribution is 2.26. The van der Waals surface area contributed by atoms with Crippen molar-refractivity contribution in [2.24, 2.45) is 0 Å². The van der Waals surface area contributed by atoms with E-state index in [4.69, 9.17) is 26.1 Å². The Balaban J connectivity index is 1.54. The van der Waals surface area contributed by atoms with Crippen molar-refractivity contribution in [1.82, 2.24) is 4.98 Å². The summed E-state index contributed by atoms with van der Waals surface area (Å²) in [6.45, 7) is 1.75. The van der Waals surface area contributed by atoms with E-state index in [0.717, 1.165) is 27.7 Å². The molecule has 0 radical (unpaired) electrons. The van der Waals surface area contributed by atoms with Gasteiger partial charge in [0.25, 0.3) is 0 Å². The van der Waals surface area contributed by atoms with Crippen LogP contribution >= 0.6 is 11.6 Å². The lowest BCUT2D eigenvalue weighted by molar-refractivity contribution is -0.131. The van der Waals surface area contributed by atoms with E-state index in [2.05, 4.69) is 0 Å². The summed E-state index contributed by atoms with van der Waals surface area (Å²) < 4.78 is 11.1. The lowest BCUT2D eigenvalue weighted by Crippen LogP contribution is -2.00. The van der Waals surface area contributed by atoms with Crippen LogP contribution in [0.25, 0.3) is 23.1 Å². The molecule has 31 heavy (non-hydrogen) atoms. The molecule has 0 unspecified atom stereocenters. The molecule has 0 saturated heterocycles. The fourth-order valence-electron chi connectivity index (χ4n) is 3.11. The minimum absolute atomic E-state index is 0.337. The van der Waals surface area contributed by atoms with Gasteiger partial charge in [0.1, 0.15) is 23.6 Å². The van der Waals surface area contributed by atoms with E-state index in [1.165, 1.54) is 6.92 Å². The molecule has 0 aliphatic rings. The largest absolute Gasteiger partial charge is 0.487 e. The lowest BCUT2D eigenvalue weighted by Gasteiger charge is -2.10. The van der Waals surface area contributed by atoms with Gasteiger partial charge in [0.2, 0.25) is 0 Å². The molecule has 0 atom stereocenters. The summed E-state index contributed by atoms with van der Waals surface area (Å²) in [5.74, 6) is 0.892. The topological polar surface area (TPSA) is 48.4 Å². The van der Waals surface area contributed by atoms with Gasteiger partial charge in [-0.2, -0.15) is 0 Å². The van der Waals surface area contributed by atoms with Gasteiger partial charge in [-0.1, -0.05) is 66.2 Å². The molecule has 1 heterocycles. The molecule has 4 rings (SSSR count). The van der Waals surface area contributed by atoms with E-state index in [0.29, 0.717) is 23.1 Å². The van der Waals surface area contributed by atoms with Crippen LogP contribution in [0.15, 0.2) is 78.9 Å². The fraction of sp³-hybridized carbons (Fsp3) is 0.0769. The minimum Gasteiger partial charge on any atom is -0.487 e. The quantitative estimate of drug-likeness (QED) is 0.257. The molecular weight excluding hydrogens is 410 g/mol. The third kappa shape index (κ3) is 5.30. The number of pyridine rings is 1. The molecule has 3 aromatic carbocycles. The average Bonchev–Trinajstić information content (AvgIpc) is 2.77. The highest BCUT2D eigenvalue weighted by molar-refractivity contribution is 6.31. The Bertz CT molecular complexity index is 1250. The number of halogens is 1. The second-order valence-corrected chi connectivity index (χ2v) is 7.35. The summed E-state index contributed by atoms with van der Waals surface area (Å²) in [5.41, 5.74) is 3.50. The van der Waals surface area contributed by atoms with Gasteiger partial charge in [0.15, 0.2) is 0 Å². The van der Waals surface area contributed by atoms with Crippen LogP contribution in [0.3, 0.4) is 0 Å². The van der Waals surface area contributed by atoms with E-state index in [9.17, 15) is 4.79 Å². The van der Waals surface area contributed by atoms with Gasteiger partial charge in [0, 0.05) is 22.9 Å². The van der Waals surface area contributed by atoms with Crippen molar-refractivity contribution in [1.29, 1.82) is 0 Å². The van der Waals surface area contributed by atoms with Gasteiger partial charge in [-0.25, -0.2) is 4.98 Å². The molecule has 0 saturated carbocycles. The van der Waals surface area contributed by atoms with E-state index in [1.54, 1.807) is 12.1 Å². The van der Waals surface area contributed by atoms with E-state index < -0.39 is 0 Å². The SMILES string of the molecule is CC(=O)Oc1ccc(/C=C\c2ccc3cccc(OCc4ccccc4Cl)c3n2)cc1. The Morgan fingerprint density at radius 3 is 2.52 bits per heavy atom. The maximum Gasteiger partial charge on any atom is 0.308 e. The number of ether oxygens (including phenoxy) is 2. The lowest BCUT2D eigenvalue weighted by atomic mass is 10.1. The monoisotopic (exact) mass is 429 g/mol. The summed E-state index contributed by atoms with van der Waals surface area (Å²) in [6, 6.07) is 24.8. The molecule has 0 fully saturated rings. The van der Waals surface area contributed by atoms with Crippen LogP contribution in [-0.4, -0.2) is 11.0 Å². The van der Waals surface area contributed by atoms with Crippen LogP contribution in [0.1, 0.15) is 23.7 Å². The van der Waals surface area contributed by atoms with Crippen LogP contribution in [0.4, 0.5) is 0 Å². The summed E-state index contributed by atoms with van der Waals surface area (Å²) in [5, 5.41) is 1.68. The minimum atomic E-state index is -0.337. The highest BCUT2D eigenvalue weighted by atomic mass is 35.5. The number of benzene rings is 3. The van der Waals surface area contributed by atoms with E-state index in [-0.39, 0.29) is 5.97 Å². The Hall–Kier alpha value is -3.63. The summed E-state index contributed by atoms with van der Waals surface area (Å²) in [4.78, 5) is 15.8. The van der Waals surface area contributed by atoms with Crippen molar-refractivity contribution in [2.45, 2.75) is 13.5 Å². The smallest absolute Gasteiger partial charge is 0.308 e. The Morgan fingerprint density at radius 2 is 1.74 bits per heavy atom. The van der Waals surface area contributed by atoms with Crippen LogP contribution in [0.2, 0.25) is 5.02 Å². The summed E-state index contributed by atoms with van der Waals surface area (Å²) >= 11 is 6.24. The molecule has 0 amide bonds. The van der Waals surface area contributed by atoms with Crippen molar-refractivity contribution in [3.63, 3.8) is 0 Å². The zero-order valence-corrected chi connectivity index (χ0v) is 17.7. The summed E-state index contributed by atoms with van der Waals surface area (Å²) in [6.07, 6.45) is 3.89. The second kappa shape index (κ2) is 9.45. The predicted molar refractivity (Wildman–Crippen MR) is 124 cm³/mol. The number of esters is 1. The van der Waals surface area contributed by atoms with Gasteiger partial charge < -0.3 is 9.47 Å². The Kier molecular flexibility index (Phi) is 6.29. The van der Waals surface area contributed by atoms with E-state index >= 15 is 0 Å². The third-order valence-corrected chi connectivity index (χ3v) is 5.00. The van der Waals surface area contributed by atoms with Crippen molar-refractivity contribution in [3.05, 3.63) is 101 Å². The van der Waals surface area contributed by atoms with Crippen LogP contribution in [0.5, 0.6) is 11.5 Å². The zero-order chi connectivity index (χ0) is 21.6. The number of para-hydroxylation sites is 1. The Labute approximate surface area is 185 Å². The molecule has 4 aromatic rings. The molecular formula is C26H20ClNO3. The Morgan fingerprint density at radius 1 is 0.935 bits per heavy atom. The number of carbonyl (C=O) groups is 1. The first-order chi connectivity index (χ1) is 15.1. The van der Waals surface area contributed by atoms with Crippen LogP contribution in [0, 0.1) is 0 Å². The standard InChI is InChI=1S/C26H20ClNO3/c1-18(29)31-23-15-10-19(11-16-23)9-13-22-14-12-20-6-4-8-25(26(20)28-22)30-17-21-5-2-3-7-24(21)27/h2-16H,17H2,1H3/b13-9-. The average molecular weight is 430 g/mol. The number of hydrogen-bond donors (Lipinski definition) is 0. The molecule has 0 aliphatic heterocycles. The first-order valence-corrected chi connectivity index (χ1v) is 10.2. The number of fused-ring (bicyclic) bond motifs is 1. The second-order valence-electron chi connectivity index (χ2n) is 6.94. The number of aromatic nitrogens is 1. The third-order valence-electron chi connectivity index (χ3n) is 4.63. The normalized spacial score (nSPS) is 11.0. The van der Waals surface area contributed by atoms with Gasteiger partial charge in [-0.15, -0.1) is 0 Å². The predicted octanol–water partition coefficient (Wildman–Crippen LogP) is 6.56. The van der Waals surface area contributed by atoms with Crippen molar-refractivity contribution in [2.75, 3.05) is 0 Å². The summed E-state index contributed by atoms with van der Waals surface area (Å²) in [7, 11) is 0. The van der Waals surface area contributed by atoms with Crippen molar-refractivity contribution >= 4 is 40.6 Å². The number of hydrogen-bond acceptors (Lipinski definition) is 4. The van der Waals surface area contributed by atoms with Crippen LogP contribution < -0.4 is 9.47 Å². The molecule has 0 aliphatic carbocycles. The van der Waals surface area contributed by atoms with Gasteiger partial charge in [-0.05, 0) is 42.0 Å².